The van der Waals surface area contributed by atoms with E-state index >= 15 is 0 Å². The molecule has 1 aliphatic carbocycles. The first-order chi connectivity index (χ1) is 17.9. The predicted molar refractivity (Wildman–Crippen MR) is 143 cm³/mol. The molecule has 0 aromatic heterocycles. The van der Waals surface area contributed by atoms with E-state index < -0.39 is 5.41 Å². The fourth-order valence-electron chi connectivity index (χ4n) is 6.85. The summed E-state index contributed by atoms with van der Waals surface area (Å²) in [6.07, 6.45) is 3.76. The molecule has 0 saturated heterocycles. The monoisotopic (exact) mass is 489 g/mol. The second-order valence-electron chi connectivity index (χ2n) is 10.4. The molecule has 0 amide bonds. The molecule has 0 saturated carbocycles. The van der Waals surface area contributed by atoms with E-state index in [-0.39, 0.29) is 29.0 Å². The summed E-state index contributed by atoms with van der Waals surface area (Å²) in [6, 6.07) is 24.2. The van der Waals surface area contributed by atoms with E-state index in [0.29, 0.717) is 6.54 Å². The fraction of sp³-hybridized carbons (Fsp3) is 0.188. The number of phenolic OH excluding ortho intramolecular Hbond substituents is 4. The molecule has 3 heterocycles. The molecule has 0 fully saturated rings. The van der Waals surface area contributed by atoms with Crippen LogP contribution in [-0.2, 0) is 18.3 Å². The van der Waals surface area contributed by atoms with E-state index in [9.17, 15) is 20.4 Å². The molecule has 4 bridgehead atoms. The van der Waals surface area contributed by atoms with Gasteiger partial charge < -0.3 is 20.4 Å². The van der Waals surface area contributed by atoms with Crippen LogP contribution in [0.15, 0.2) is 84.9 Å². The maximum atomic E-state index is 11.3. The van der Waals surface area contributed by atoms with Crippen molar-refractivity contribution in [2.45, 2.75) is 24.3 Å². The van der Waals surface area contributed by atoms with Crippen molar-refractivity contribution in [2.24, 2.45) is 0 Å². The summed E-state index contributed by atoms with van der Waals surface area (Å²) in [5.41, 5.74) is 6.64. The highest BCUT2D eigenvalue weighted by Gasteiger charge is 2.53. The Morgan fingerprint density at radius 1 is 0.730 bits per heavy atom. The zero-order chi connectivity index (χ0) is 25.3. The molecule has 3 atom stereocenters. The first kappa shape index (κ1) is 22.0. The van der Waals surface area contributed by atoms with Crippen molar-refractivity contribution in [3.63, 3.8) is 0 Å². The number of rotatable bonds is 1. The van der Waals surface area contributed by atoms with Crippen molar-refractivity contribution < 1.29 is 20.4 Å². The van der Waals surface area contributed by atoms with Crippen molar-refractivity contribution in [3.8, 4) is 34.1 Å². The number of benzene rings is 4. The van der Waals surface area contributed by atoms with Crippen molar-refractivity contribution >= 4 is 5.57 Å². The lowest BCUT2D eigenvalue weighted by atomic mass is 9.68. The largest absolute Gasteiger partial charge is 0.508 e. The van der Waals surface area contributed by atoms with Crippen LogP contribution in [0.1, 0.15) is 27.8 Å². The van der Waals surface area contributed by atoms with Gasteiger partial charge >= 0.3 is 0 Å². The smallest absolute Gasteiger partial charge is 0.123 e. The quantitative estimate of drug-likeness (QED) is 0.290. The van der Waals surface area contributed by atoms with Gasteiger partial charge in [0.15, 0.2) is 0 Å². The zero-order valence-corrected chi connectivity index (χ0v) is 20.2. The minimum atomic E-state index is -0.707. The van der Waals surface area contributed by atoms with Crippen LogP contribution in [0.5, 0.6) is 23.0 Å². The highest BCUT2D eigenvalue weighted by atomic mass is 16.3. The number of phenols is 4. The SMILES string of the molecule is Oc1cccc(C23C=C4CN(CCc5ccc(c(O)c5)-c5ccc(O)cc54)C2Cc2cccc(O)c23)c1. The molecule has 0 radical (unpaired) electrons. The van der Waals surface area contributed by atoms with Gasteiger partial charge in [0.25, 0.3) is 0 Å². The van der Waals surface area contributed by atoms with Gasteiger partial charge in [0, 0.05) is 30.3 Å². The first-order valence-electron chi connectivity index (χ1n) is 12.7. The third kappa shape index (κ3) is 3.20. The van der Waals surface area contributed by atoms with Crippen molar-refractivity contribution in [2.75, 3.05) is 13.1 Å². The zero-order valence-electron chi connectivity index (χ0n) is 20.2. The Kier molecular flexibility index (Phi) is 4.69. The standard InChI is InChI=1S/C32H27NO4/c34-23-5-2-4-22(15-23)32-17-21-18-33(30(32)14-20-3-1-6-28(36)31(20)32)12-11-19-7-9-26(29(37)13-19)25-10-8-24(35)16-27(21)25/h1-10,13,15-17,30,34-37H,11-12,14,18H2. The highest BCUT2D eigenvalue weighted by molar-refractivity contribution is 5.87. The topological polar surface area (TPSA) is 84.2 Å². The average Bonchev–Trinajstić information content (AvgIpc) is 3.23. The van der Waals surface area contributed by atoms with Gasteiger partial charge in [-0.1, -0.05) is 42.5 Å². The summed E-state index contributed by atoms with van der Waals surface area (Å²) >= 11 is 0. The van der Waals surface area contributed by atoms with Gasteiger partial charge in [-0.25, -0.2) is 0 Å². The van der Waals surface area contributed by atoms with E-state index in [2.05, 4.69) is 23.1 Å². The minimum Gasteiger partial charge on any atom is -0.508 e. The highest BCUT2D eigenvalue weighted by Crippen LogP contribution is 2.55. The van der Waals surface area contributed by atoms with Crippen molar-refractivity contribution in [1.82, 2.24) is 4.90 Å². The van der Waals surface area contributed by atoms with Crippen LogP contribution in [-0.4, -0.2) is 44.5 Å². The number of fused-ring (bicyclic) bond motifs is 6. The maximum Gasteiger partial charge on any atom is 0.123 e. The average molecular weight is 490 g/mol. The molecule has 5 nitrogen and oxygen atoms in total. The van der Waals surface area contributed by atoms with Gasteiger partial charge in [0.05, 0.1) is 5.41 Å². The van der Waals surface area contributed by atoms with Crippen LogP contribution >= 0.6 is 0 Å². The van der Waals surface area contributed by atoms with Gasteiger partial charge in [0.2, 0.25) is 0 Å². The molecule has 4 aromatic carbocycles. The molecule has 4 N–H and O–H groups in total. The molecule has 8 rings (SSSR count). The summed E-state index contributed by atoms with van der Waals surface area (Å²) in [5.74, 6) is 0.800. The second-order valence-corrected chi connectivity index (χ2v) is 10.4. The number of nitrogens with zero attached hydrogens (tertiary/aromatic N) is 1. The fourth-order valence-corrected chi connectivity index (χ4v) is 6.85. The predicted octanol–water partition coefficient (Wildman–Crippen LogP) is 5.34. The van der Waals surface area contributed by atoms with Gasteiger partial charge in [-0.2, -0.15) is 0 Å². The van der Waals surface area contributed by atoms with E-state index in [4.69, 9.17) is 0 Å². The molecule has 0 spiro atoms. The lowest BCUT2D eigenvalue weighted by Gasteiger charge is -2.46. The Bertz CT molecular complexity index is 1610. The third-order valence-electron chi connectivity index (χ3n) is 8.41. The molecule has 4 aromatic rings. The lowest BCUT2D eigenvalue weighted by Crippen LogP contribution is -2.52. The van der Waals surface area contributed by atoms with E-state index in [1.54, 1.807) is 30.3 Å². The molecular weight excluding hydrogens is 462 g/mol. The minimum absolute atomic E-state index is 0.0230. The Hall–Kier alpha value is -4.22. The summed E-state index contributed by atoms with van der Waals surface area (Å²) < 4.78 is 0. The van der Waals surface area contributed by atoms with Gasteiger partial charge in [0.1, 0.15) is 23.0 Å². The molecule has 5 heteroatoms. The van der Waals surface area contributed by atoms with Crippen molar-refractivity contribution in [3.05, 3.63) is 113 Å². The van der Waals surface area contributed by atoms with Crippen LogP contribution in [0.2, 0.25) is 0 Å². The Balaban J connectivity index is 1.58. The van der Waals surface area contributed by atoms with Gasteiger partial charge in [-0.05, 0) is 88.7 Å². The second kappa shape index (κ2) is 7.89. The van der Waals surface area contributed by atoms with Crippen LogP contribution in [0.4, 0.5) is 0 Å². The van der Waals surface area contributed by atoms with Gasteiger partial charge in [-0.3, -0.25) is 4.90 Å². The molecule has 4 aliphatic rings. The molecular formula is C32H27NO4. The first-order valence-corrected chi connectivity index (χ1v) is 12.7. The number of aromatic hydroxyl groups is 4. The Morgan fingerprint density at radius 2 is 1.54 bits per heavy atom. The number of hydrogen-bond acceptors (Lipinski definition) is 5. The summed E-state index contributed by atoms with van der Waals surface area (Å²) in [5, 5.41) is 43.3. The van der Waals surface area contributed by atoms with Crippen molar-refractivity contribution in [1.29, 1.82) is 0 Å². The molecule has 37 heavy (non-hydrogen) atoms. The Labute approximate surface area is 215 Å². The molecule has 184 valence electrons. The van der Waals surface area contributed by atoms with Crippen LogP contribution in [0.3, 0.4) is 0 Å². The van der Waals surface area contributed by atoms with E-state index in [1.165, 1.54) is 0 Å². The summed E-state index contributed by atoms with van der Waals surface area (Å²) in [7, 11) is 0. The van der Waals surface area contributed by atoms with Gasteiger partial charge in [-0.15, -0.1) is 0 Å². The van der Waals surface area contributed by atoms with E-state index in [0.717, 1.165) is 63.9 Å². The van der Waals surface area contributed by atoms with E-state index in [1.807, 2.05) is 36.4 Å². The summed E-state index contributed by atoms with van der Waals surface area (Å²) in [4.78, 5) is 2.46. The van der Waals surface area contributed by atoms with Crippen LogP contribution < -0.4 is 0 Å². The number of hydrogen-bond donors (Lipinski definition) is 4. The lowest BCUT2D eigenvalue weighted by molar-refractivity contribution is 0.176. The van der Waals surface area contributed by atoms with Crippen LogP contribution in [0.25, 0.3) is 16.7 Å². The molecule has 3 unspecified atom stereocenters. The maximum absolute atomic E-state index is 11.3. The molecule has 3 aliphatic heterocycles. The normalized spacial score (nSPS) is 23.4. The third-order valence-corrected chi connectivity index (χ3v) is 8.41. The van der Waals surface area contributed by atoms with Crippen LogP contribution in [0, 0.1) is 0 Å². The summed E-state index contributed by atoms with van der Waals surface area (Å²) in [6.45, 7) is 1.42. The Morgan fingerprint density at radius 3 is 2.38 bits per heavy atom.